The molecule has 0 unspecified atom stereocenters. The van der Waals surface area contributed by atoms with Crippen molar-refractivity contribution in [2.75, 3.05) is 11.9 Å². The lowest BCUT2D eigenvalue weighted by Gasteiger charge is -2.28. The van der Waals surface area contributed by atoms with Crippen LogP contribution in [0.3, 0.4) is 0 Å². The number of ether oxygens (including phenoxy) is 1. The van der Waals surface area contributed by atoms with Gasteiger partial charge in [0.05, 0.1) is 6.61 Å². The molecule has 2 rings (SSSR count). The second kappa shape index (κ2) is 7.07. The Bertz CT molecular complexity index is 389. The second-order valence-electron chi connectivity index (χ2n) is 4.94. The van der Waals surface area contributed by atoms with Crippen LogP contribution < -0.4 is 5.32 Å². The van der Waals surface area contributed by atoms with Crippen LogP contribution in [0.4, 0.5) is 5.95 Å². The molecule has 1 saturated carbocycles. The lowest BCUT2D eigenvalue weighted by atomic mass is 9.84. The van der Waals surface area contributed by atoms with Gasteiger partial charge in [0, 0.05) is 24.9 Å². The Kier molecular flexibility index (Phi) is 5.12. The highest BCUT2D eigenvalue weighted by molar-refractivity contribution is 5.69. The Morgan fingerprint density at radius 1 is 1.32 bits per heavy atom. The fraction of sp³-hybridized carbons (Fsp3) is 0.643. The first-order valence-corrected chi connectivity index (χ1v) is 6.97. The van der Waals surface area contributed by atoms with Crippen molar-refractivity contribution >= 4 is 11.9 Å². The summed E-state index contributed by atoms with van der Waals surface area (Å²) in [4.78, 5) is 19.8. The van der Waals surface area contributed by atoms with E-state index in [0.717, 1.165) is 25.7 Å². The van der Waals surface area contributed by atoms with Crippen molar-refractivity contribution in [2.45, 2.75) is 45.1 Å². The van der Waals surface area contributed by atoms with Gasteiger partial charge in [0.2, 0.25) is 5.95 Å². The molecular weight excluding hydrogens is 242 g/mol. The summed E-state index contributed by atoms with van der Waals surface area (Å²) in [6, 6.07) is 2.22. The van der Waals surface area contributed by atoms with E-state index in [9.17, 15) is 4.79 Å². The van der Waals surface area contributed by atoms with Gasteiger partial charge < -0.3 is 10.1 Å². The van der Waals surface area contributed by atoms with E-state index in [1.165, 1.54) is 0 Å². The Balaban J connectivity index is 1.72. The minimum atomic E-state index is -0.0645. The Labute approximate surface area is 113 Å². The topological polar surface area (TPSA) is 64.1 Å². The maximum Gasteiger partial charge on any atom is 0.306 e. The fourth-order valence-electron chi connectivity index (χ4n) is 2.52. The third-order valence-corrected chi connectivity index (χ3v) is 3.51. The molecule has 1 heterocycles. The van der Waals surface area contributed by atoms with Gasteiger partial charge in [-0.2, -0.15) is 0 Å². The van der Waals surface area contributed by atoms with Crippen molar-refractivity contribution in [2.24, 2.45) is 5.92 Å². The number of hydrogen-bond acceptors (Lipinski definition) is 5. The summed E-state index contributed by atoms with van der Waals surface area (Å²) < 4.78 is 4.99. The van der Waals surface area contributed by atoms with Crippen molar-refractivity contribution in [1.29, 1.82) is 0 Å². The predicted molar refractivity (Wildman–Crippen MR) is 72.7 cm³/mol. The minimum Gasteiger partial charge on any atom is -0.466 e. The normalized spacial score (nSPS) is 22.8. The molecule has 1 aliphatic rings. The quantitative estimate of drug-likeness (QED) is 0.826. The van der Waals surface area contributed by atoms with Gasteiger partial charge in [-0.25, -0.2) is 9.97 Å². The first-order valence-electron chi connectivity index (χ1n) is 6.97. The standard InChI is InChI=1S/C14H21N3O2/c1-2-19-13(18)10-11-4-6-12(7-5-11)17-14-15-8-3-9-16-14/h3,8-9,11-12H,2,4-7,10H2,1H3,(H,15,16,17). The number of nitrogens with zero attached hydrogens (tertiary/aromatic N) is 2. The van der Waals surface area contributed by atoms with Crippen molar-refractivity contribution in [1.82, 2.24) is 9.97 Å². The van der Waals surface area contributed by atoms with Crippen molar-refractivity contribution in [3.8, 4) is 0 Å². The van der Waals surface area contributed by atoms with Crippen LogP contribution in [0.25, 0.3) is 0 Å². The fourth-order valence-corrected chi connectivity index (χ4v) is 2.52. The summed E-state index contributed by atoms with van der Waals surface area (Å²) in [6.07, 6.45) is 8.27. The Morgan fingerprint density at radius 3 is 2.63 bits per heavy atom. The largest absolute Gasteiger partial charge is 0.466 e. The van der Waals surface area contributed by atoms with Crippen molar-refractivity contribution < 1.29 is 9.53 Å². The van der Waals surface area contributed by atoms with Gasteiger partial charge in [0.1, 0.15) is 0 Å². The van der Waals surface area contributed by atoms with Gasteiger partial charge >= 0.3 is 5.97 Å². The number of anilines is 1. The first-order chi connectivity index (χ1) is 9.28. The first kappa shape index (κ1) is 13.8. The van der Waals surface area contributed by atoms with Gasteiger partial charge in [-0.05, 0) is 44.6 Å². The molecule has 1 aromatic heterocycles. The number of rotatable bonds is 5. The average molecular weight is 263 g/mol. The number of hydrogen-bond donors (Lipinski definition) is 1. The van der Waals surface area contributed by atoms with Gasteiger partial charge in [0.25, 0.3) is 0 Å². The van der Waals surface area contributed by atoms with E-state index in [-0.39, 0.29) is 5.97 Å². The van der Waals surface area contributed by atoms with Crippen LogP contribution in [0.15, 0.2) is 18.5 Å². The van der Waals surface area contributed by atoms with Gasteiger partial charge in [-0.3, -0.25) is 4.79 Å². The molecule has 1 aliphatic carbocycles. The maximum absolute atomic E-state index is 11.4. The average Bonchev–Trinajstić information content (AvgIpc) is 2.42. The highest BCUT2D eigenvalue weighted by Crippen LogP contribution is 2.28. The molecule has 19 heavy (non-hydrogen) atoms. The van der Waals surface area contributed by atoms with E-state index in [1.807, 2.05) is 6.92 Å². The molecule has 0 saturated heterocycles. The van der Waals surface area contributed by atoms with E-state index >= 15 is 0 Å². The van der Waals surface area contributed by atoms with E-state index in [4.69, 9.17) is 4.74 Å². The summed E-state index contributed by atoms with van der Waals surface area (Å²) >= 11 is 0. The second-order valence-corrected chi connectivity index (χ2v) is 4.94. The van der Waals surface area contributed by atoms with Crippen LogP contribution in [0, 0.1) is 5.92 Å². The highest BCUT2D eigenvalue weighted by atomic mass is 16.5. The van der Waals surface area contributed by atoms with E-state index in [0.29, 0.717) is 30.9 Å². The van der Waals surface area contributed by atoms with Gasteiger partial charge in [-0.1, -0.05) is 0 Å². The third-order valence-electron chi connectivity index (χ3n) is 3.51. The molecule has 0 atom stereocenters. The van der Waals surface area contributed by atoms with Crippen LogP contribution in [0.5, 0.6) is 0 Å². The lowest BCUT2D eigenvalue weighted by molar-refractivity contribution is -0.144. The zero-order valence-corrected chi connectivity index (χ0v) is 11.3. The molecule has 1 fully saturated rings. The predicted octanol–water partition coefficient (Wildman–Crippen LogP) is 2.40. The summed E-state index contributed by atoms with van der Waals surface area (Å²) in [5.41, 5.74) is 0. The molecule has 0 radical (unpaired) electrons. The smallest absolute Gasteiger partial charge is 0.306 e. The zero-order valence-electron chi connectivity index (χ0n) is 11.3. The summed E-state index contributed by atoms with van der Waals surface area (Å²) in [6.45, 7) is 2.32. The highest BCUT2D eigenvalue weighted by Gasteiger charge is 2.23. The summed E-state index contributed by atoms with van der Waals surface area (Å²) in [7, 11) is 0. The van der Waals surface area contributed by atoms with Crippen molar-refractivity contribution in [3.05, 3.63) is 18.5 Å². The van der Waals surface area contributed by atoms with Crippen LogP contribution in [0.2, 0.25) is 0 Å². The number of carbonyl (C=O) groups excluding carboxylic acids is 1. The number of esters is 1. The molecule has 0 spiro atoms. The van der Waals surface area contributed by atoms with Crippen LogP contribution in [-0.2, 0) is 9.53 Å². The molecule has 0 bridgehead atoms. The maximum atomic E-state index is 11.4. The van der Waals surface area contributed by atoms with Crippen molar-refractivity contribution in [3.63, 3.8) is 0 Å². The van der Waals surface area contributed by atoms with E-state index in [2.05, 4.69) is 15.3 Å². The molecule has 104 valence electrons. The Hall–Kier alpha value is -1.65. The monoisotopic (exact) mass is 263 g/mol. The van der Waals surface area contributed by atoms with Crippen LogP contribution >= 0.6 is 0 Å². The van der Waals surface area contributed by atoms with Crippen LogP contribution in [-0.4, -0.2) is 28.6 Å². The van der Waals surface area contributed by atoms with E-state index in [1.54, 1.807) is 18.5 Å². The number of aromatic nitrogens is 2. The molecular formula is C14H21N3O2. The molecule has 5 nitrogen and oxygen atoms in total. The van der Waals surface area contributed by atoms with Crippen LogP contribution in [0.1, 0.15) is 39.0 Å². The molecule has 1 aromatic rings. The van der Waals surface area contributed by atoms with Gasteiger partial charge in [-0.15, -0.1) is 0 Å². The summed E-state index contributed by atoms with van der Waals surface area (Å²) in [5.74, 6) is 1.09. The number of carbonyl (C=O) groups is 1. The number of nitrogens with one attached hydrogen (secondary N) is 1. The molecule has 0 amide bonds. The molecule has 5 heteroatoms. The Morgan fingerprint density at radius 2 is 2.00 bits per heavy atom. The van der Waals surface area contributed by atoms with E-state index < -0.39 is 0 Å². The molecule has 0 aliphatic heterocycles. The zero-order chi connectivity index (χ0) is 13.5. The van der Waals surface area contributed by atoms with Gasteiger partial charge in [0.15, 0.2) is 0 Å². The molecule has 1 N–H and O–H groups in total. The lowest BCUT2D eigenvalue weighted by Crippen LogP contribution is -2.28. The molecule has 0 aromatic carbocycles. The third kappa shape index (κ3) is 4.50. The SMILES string of the molecule is CCOC(=O)CC1CCC(Nc2ncccn2)CC1. The minimum absolute atomic E-state index is 0.0645. The summed E-state index contributed by atoms with van der Waals surface area (Å²) in [5, 5.41) is 3.34.